The lowest BCUT2D eigenvalue weighted by Crippen LogP contribution is -2.15. The van der Waals surface area contributed by atoms with Crippen LogP contribution in [0.25, 0.3) is 0 Å². The molecule has 0 spiro atoms. The number of rotatable bonds is 8. The summed E-state index contributed by atoms with van der Waals surface area (Å²) in [7, 11) is -3.99. The van der Waals surface area contributed by atoms with Crippen molar-refractivity contribution in [2.75, 3.05) is 10.0 Å². The fourth-order valence-electron chi connectivity index (χ4n) is 2.58. The molecule has 0 saturated carbocycles. The molecule has 3 aromatic rings. The molecule has 0 aliphatic rings. The first-order valence-corrected chi connectivity index (χ1v) is 11.8. The van der Waals surface area contributed by atoms with Gasteiger partial charge in [-0.05, 0) is 47.8 Å². The van der Waals surface area contributed by atoms with Crippen molar-refractivity contribution in [3.05, 3.63) is 74.9 Å². The molecule has 1 heterocycles. The maximum Gasteiger partial charge on any atom is 0.264 e. The molecule has 0 unspecified atom stereocenters. The summed E-state index contributed by atoms with van der Waals surface area (Å²) in [4.78, 5) is 24.4. The molecule has 0 radical (unpaired) electrons. The Morgan fingerprint density at radius 1 is 0.867 bits per heavy atom. The van der Waals surface area contributed by atoms with E-state index in [1.807, 2.05) is 5.38 Å². The Labute approximate surface area is 187 Å². The lowest BCUT2D eigenvalue weighted by atomic mass is 10.2. The highest BCUT2D eigenvalue weighted by Crippen LogP contribution is 2.30. The van der Waals surface area contributed by atoms with Crippen LogP contribution in [0.1, 0.15) is 22.5 Å². The van der Waals surface area contributed by atoms with Crippen LogP contribution in [0.2, 0.25) is 10.0 Å². The molecule has 0 saturated heterocycles. The van der Waals surface area contributed by atoms with E-state index >= 15 is 0 Å². The van der Waals surface area contributed by atoms with E-state index < -0.39 is 10.0 Å². The molecule has 156 valence electrons. The lowest BCUT2D eigenvalue weighted by molar-refractivity contribution is -0.116. The number of carbonyl (C=O) groups is 2. The number of halogens is 2. The fraction of sp³-hybridized carbons (Fsp3) is 0.100. The number of benzene rings is 2. The number of sulfonamides is 1. The van der Waals surface area contributed by atoms with E-state index in [0.717, 1.165) is 0 Å². The Morgan fingerprint density at radius 3 is 2.10 bits per heavy atom. The molecular weight excluding hydrogens is 467 g/mol. The number of carbonyl (C=O) groups excluding carboxylic acids is 2. The highest BCUT2D eigenvalue weighted by molar-refractivity contribution is 7.93. The third kappa shape index (κ3) is 5.60. The second-order valence-corrected chi connectivity index (χ2v) is 9.56. The van der Waals surface area contributed by atoms with Crippen LogP contribution < -0.4 is 10.0 Å². The summed E-state index contributed by atoms with van der Waals surface area (Å²) in [6.07, 6.45) is 0.166. The Morgan fingerprint density at radius 2 is 1.50 bits per heavy atom. The van der Waals surface area contributed by atoms with Crippen LogP contribution in [-0.4, -0.2) is 20.1 Å². The normalized spacial score (nSPS) is 11.1. The van der Waals surface area contributed by atoms with Gasteiger partial charge in [0.2, 0.25) is 5.91 Å². The largest absolute Gasteiger partial charge is 0.326 e. The number of amides is 1. The van der Waals surface area contributed by atoms with Crippen LogP contribution >= 0.6 is 34.5 Å². The van der Waals surface area contributed by atoms with Gasteiger partial charge in [-0.2, -0.15) is 0 Å². The Kier molecular flexibility index (Phi) is 7.14. The summed E-state index contributed by atoms with van der Waals surface area (Å²) in [5.74, 6) is -0.390. The molecule has 0 aliphatic carbocycles. The summed E-state index contributed by atoms with van der Waals surface area (Å²) in [6.45, 7) is 0. The second-order valence-electron chi connectivity index (χ2n) is 6.18. The van der Waals surface area contributed by atoms with Gasteiger partial charge in [0.1, 0.15) is 4.90 Å². The van der Waals surface area contributed by atoms with E-state index in [-0.39, 0.29) is 45.2 Å². The minimum absolute atomic E-state index is 0.0102. The standard InChI is InChI=1S/C20H16Cl2N2O4S2/c21-15-3-1-4-16(22)20(15)30(27,28)24-14-8-6-13(7-9-14)23-19(26)11-10-17(25)18-5-2-12-29-18/h1-9,12,24H,10-11H2,(H,23,26). The lowest BCUT2D eigenvalue weighted by Gasteiger charge is -2.11. The topological polar surface area (TPSA) is 92.3 Å². The van der Waals surface area contributed by atoms with Gasteiger partial charge in [0, 0.05) is 24.2 Å². The zero-order valence-corrected chi connectivity index (χ0v) is 18.5. The SMILES string of the molecule is O=C(CCC(=O)c1cccs1)Nc1ccc(NS(=O)(=O)c2c(Cl)cccc2Cl)cc1. The first-order valence-electron chi connectivity index (χ1n) is 8.70. The minimum Gasteiger partial charge on any atom is -0.326 e. The maximum atomic E-state index is 12.6. The molecule has 2 N–H and O–H groups in total. The molecule has 0 fully saturated rings. The summed E-state index contributed by atoms with van der Waals surface area (Å²) in [5, 5.41) is 4.50. The first-order chi connectivity index (χ1) is 14.3. The summed E-state index contributed by atoms with van der Waals surface area (Å²) < 4.78 is 27.5. The average molecular weight is 483 g/mol. The van der Waals surface area contributed by atoms with Crippen LogP contribution in [-0.2, 0) is 14.8 Å². The number of hydrogen-bond acceptors (Lipinski definition) is 5. The molecule has 3 rings (SSSR count). The van der Waals surface area contributed by atoms with Crippen molar-refractivity contribution in [3.8, 4) is 0 Å². The Bertz CT molecular complexity index is 1140. The van der Waals surface area contributed by atoms with Gasteiger partial charge < -0.3 is 5.32 Å². The zero-order chi connectivity index (χ0) is 21.7. The first kappa shape index (κ1) is 22.3. The number of ketones is 1. The fourth-order valence-corrected chi connectivity index (χ4v) is 5.48. The van der Waals surface area contributed by atoms with Crippen molar-refractivity contribution < 1.29 is 18.0 Å². The van der Waals surface area contributed by atoms with E-state index in [1.54, 1.807) is 30.3 Å². The van der Waals surface area contributed by atoms with E-state index in [9.17, 15) is 18.0 Å². The molecule has 30 heavy (non-hydrogen) atoms. The summed E-state index contributed by atoms with van der Waals surface area (Å²) >= 11 is 13.3. The molecule has 6 nitrogen and oxygen atoms in total. The quantitative estimate of drug-likeness (QED) is 0.417. The van der Waals surface area contributed by atoms with Crippen LogP contribution in [0.3, 0.4) is 0 Å². The zero-order valence-electron chi connectivity index (χ0n) is 15.4. The third-order valence-corrected chi connectivity index (χ3v) is 7.23. The Hall–Kier alpha value is -2.39. The second kappa shape index (κ2) is 9.61. The molecule has 10 heteroatoms. The van der Waals surface area contributed by atoms with Crippen LogP contribution in [0.15, 0.2) is 64.9 Å². The number of thiophene rings is 1. The average Bonchev–Trinajstić information content (AvgIpc) is 3.22. The van der Waals surface area contributed by atoms with Crippen LogP contribution in [0, 0.1) is 0 Å². The third-order valence-electron chi connectivity index (χ3n) is 3.98. The van der Waals surface area contributed by atoms with Crippen molar-refractivity contribution in [3.63, 3.8) is 0 Å². The highest BCUT2D eigenvalue weighted by atomic mass is 35.5. The maximum absolute atomic E-state index is 12.6. The van der Waals surface area contributed by atoms with Gasteiger partial charge in [-0.1, -0.05) is 35.3 Å². The molecular formula is C20H16Cl2N2O4S2. The Balaban J connectivity index is 1.59. The van der Waals surface area contributed by atoms with Crippen molar-refractivity contribution in [1.82, 2.24) is 0 Å². The molecule has 0 atom stereocenters. The molecule has 1 amide bonds. The number of hydrogen-bond donors (Lipinski definition) is 2. The van der Waals surface area contributed by atoms with Gasteiger partial charge in [0.05, 0.1) is 14.9 Å². The highest BCUT2D eigenvalue weighted by Gasteiger charge is 2.21. The molecule has 2 aromatic carbocycles. The molecule has 0 aliphatic heterocycles. The van der Waals surface area contributed by atoms with Gasteiger partial charge >= 0.3 is 0 Å². The predicted octanol–water partition coefficient (Wildman–Crippen LogP) is 5.46. The smallest absolute Gasteiger partial charge is 0.264 e. The van der Waals surface area contributed by atoms with Crippen molar-refractivity contribution >= 4 is 67.6 Å². The molecule has 1 aromatic heterocycles. The van der Waals surface area contributed by atoms with Crippen LogP contribution in [0.4, 0.5) is 11.4 Å². The number of Topliss-reactive ketones (excluding diaryl/α,β-unsaturated/α-hetero) is 1. The van der Waals surface area contributed by atoms with E-state index in [1.165, 1.54) is 35.6 Å². The number of anilines is 2. The minimum atomic E-state index is -3.99. The predicted molar refractivity (Wildman–Crippen MR) is 120 cm³/mol. The monoisotopic (exact) mass is 482 g/mol. The van der Waals surface area contributed by atoms with Gasteiger partial charge in [0.15, 0.2) is 5.78 Å². The van der Waals surface area contributed by atoms with Gasteiger partial charge in [-0.25, -0.2) is 8.42 Å². The summed E-state index contributed by atoms with van der Waals surface area (Å²) in [5.41, 5.74) is 0.749. The van der Waals surface area contributed by atoms with E-state index in [4.69, 9.17) is 23.2 Å². The van der Waals surface area contributed by atoms with Crippen molar-refractivity contribution in [2.24, 2.45) is 0 Å². The van der Waals surface area contributed by atoms with Gasteiger partial charge in [0.25, 0.3) is 10.0 Å². The van der Waals surface area contributed by atoms with Gasteiger partial charge in [-0.15, -0.1) is 11.3 Å². The number of nitrogens with one attached hydrogen (secondary N) is 2. The van der Waals surface area contributed by atoms with E-state index in [2.05, 4.69) is 10.0 Å². The van der Waals surface area contributed by atoms with Gasteiger partial charge in [-0.3, -0.25) is 14.3 Å². The molecule has 0 bridgehead atoms. The van der Waals surface area contributed by atoms with Crippen LogP contribution in [0.5, 0.6) is 0 Å². The van der Waals surface area contributed by atoms with Crippen molar-refractivity contribution in [1.29, 1.82) is 0 Å². The van der Waals surface area contributed by atoms with Crippen molar-refractivity contribution in [2.45, 2.75) is 17.7 Å². The summed E-state index contributed by atoms with van der Waals surface area (Å²) in [6, 6.07) is 14.0. The van der Waals surface area contributed by atoms with E-state index in [0.29, 0.717) is 10.6 Å².